The van der Waals surface area contributed by atoms with Gasteiger partial charge in [0.05, 0.1) is 110 Å². The van der Waals surface area contributed by atoms with Crippen LogP contribution in [-0.4, -0.2) is 160 Å². The summed E-state index contributed by atoms with van der Waals surface area (Å²) in [6.07, 6.45) is 36.7. The Balaban J connectivity index is 0.000000111. The van der Waals surface area contributed by atoms with E-state index in [2.05, 4.69) is 202 Å². The highest BCUT2D eigenvalue weighted by Crippen LogP contribution is 2.22. The zero-order valence-electron chi connectivity index (χ0n) is 63.4. The number of nitrogens with one attached hydrogen (secondary N) is 8. The van der Waals surface area contributed by atoms with Crippen LogP contribution in [0.4, 0.5) is 35.7 Å². The number of hydrogen-bond acceptors (Lipinski definition) is 28. The van der Waals surface area contributed by atoms with Gasteiger partial charge in [-0.1, -0.05) is 67.7 Å². The number of aromatic amines is 8. The molecule has 20 aromatic rings. The predicted octanol–water partition coefficient (Wildman–Crippen LogP) is 8.00. The van der Waals surface area contributed by atoms with Crippen molar-refractivity contribution in [3.8, 4) is 0 Å². The number of anilines is 6. The van der Waals surface area contributed by atoms with Gasteiger partial charge in [0.2, 0.25) is 0 Å². The zero-order valence-corrected chi connectivity index (χ0v) is 65.0. The molecule has 0 aliphatic rings. The van der Waals surface area contributed by atoms with Gasteiger partial charge in [0, 0.05) is 163 Å². The number of nitrogen functional groups attached to an aromatic ring is 6. The highest BCUT2D eigenvalue weighted by molar-refractivity contribution is 7.08. The van der Waals surface area contributed by atoms with Crippen molar-refractivity contribution in [3.63, 3.8) is 0 Å². The van der Waals surface area contributed by atoms with Crippen molar-refractivity contribution >= 4 is 80.2 Å². The van der Waals surface area contributed by atoms with E-state index >= 15 is 0 Å². The van der Waals surface area contributed by atoms with E-state index in [1.54, 1.807) is 88.0 Å². The molecule has 0 radical (unpaired) electrons. The minimum Gasteiger partial charge on any atom is -0.472 e. The van der Waals surface area contributed by atoms with E-state index in [9.17, 15) is 0 Å². The first kappa shape index (κ1) is 77.7. The van der Waals surface area contributed by atoms with Crippen LogP contribution in [0.5, 0.6) is 0 Å². The molecule has 118 heavy (non-hydrogen) atoms. The summed E-state index contributed by atoms with van der Waals surface area (Å²) in [6, 6.07) is 26.4. The molecule has 600 valence electrons. The quantitative estimate of drug-likeness (QED) is 0.0244. The van der Waals surface area contributed by atoms with Crippen molar-refractivity contribution in [2.45, 2.75) is 90.6 Å². The second-order valence-electron chi connectivity index (χ2n) is 27.1. The van der Waals surface area contributed by atoms with Gasteiger partial charge in [-0.25, -0.2) is 48.6 Å². The molecule has 0 amide bonds. The fraction of sp³-hybridized carbons (Fsp3) is 0.184. The summed E-state index contributed by atoms with van der Waals surface area (Å²) in [5.74, 6) is 3.37. The fourth-order valence-electron chi connectivity index (χ4n) is 12.4. The summed E-state index contributed by atoms with van der Waals surface area (Å²) >= 11 is 3.40. The number of nitrogens with zero attached hydrogens (tertiary/aromatic N) is 24. The van der Waals surface area contributed by atoms with Crippen molar-refractivity contribution in [3.05, 3.63) is 308 Å². The number of para-hydroxylation sites is 2. The monoisotopic (exact) mass is 1620 g/mol. The molecule has 0 atom stereocenters. The minimum atomic E-state index is 0.410. The number of H-pyrrole nitrogens is 8. The lowest BCUT2D eigenvalue weighted by Crippen LogP contribution is -2.01. The number of rotatable bonds is 26. The molecular formula is C76H82N38O2S2. The van der Waals surface area contributed by atoms with Crippen LogP contribution >= 0.6 is 22.7 Å². The lowest BCUT2D eigenvalue weighted by molar-refractivity contribution is 0.475. The van der Waals surface area contributed by atoms with Gasteiger partial charge in [-0.3, -0.25) is 9.36 Å². The zero-order chi connectivity index (χ0) is 80.8. The van der Waals surface area contributed by atoms with Gasteiger partial charge in [0.25, 0.3) is 0 Å². The van der Waals surface area contributed by atoms with Crippen LogP contribution < -0.4 is 34.4 Å². The first-order chi connectivity index (χ1) is 57.7. The summed E-state index contributed by atoms with van der Waals surface area (Å²) in [5, 5.41) is 60.4. The molecule has 40 nitrogen and oxygen atoms in total. The van der Waals surface area contributed by atoms with Crippen molar-refractivity contribution in [2.75, 3.05) is 34.4 Å². The van der Waals surface area contributed by atoms with Crippen molar-refractivity contribution < 1.29 is 8.83 Å². The number of aromatic nitrogens is 32. The Morgan fingerprint density at radius 3 is 1.08 bits per heavy atom. The molecule has 0 aliphatic carbocycles. The van der Waals surface area contributed by atoms with Crippen molar-refractivity contribution in [1.29, 1.82) is 0 Å². The Kier molecular flexibility index (Phi) is 24.9. The normalized spacial score (nSPS) is 11.1. The molecule has 0 fully saturated rings. The maximum absolute atomic E-state index is 5.57. The Morgan fingerprint density at radius 1 is 0.339 bits per heavy atom. The largest absolute Gasteiger partial charge is 0.472 e. The third-order valence-corrected chi connectivity index (χ3v) is 19.3. The molecule has 0 unspecified atom stereocenters. The molecule has 20 N–H and O–H groups in total. The van der Waals surface area contributed by atoms with Crippen LogP contribution in [0, 0.1) is 0 Å². The Morgan fingerprint density at radius 2 is 0.703 bits per heavy atom. The molecule has 0 saturated carbocycles. The lowest BCUT2D eigenvalue weighted by Gasteiger charge is -1.99. The topological polar surface area (TPSA) is 570 Å². The highest BCUT2D eigenvalue weighted by Gasteiger charge is 2.14. The number of furan rings is 2. The third kappa shape index (κ3) is 22.4. The van der Waals surface area contributed by atoms with E-state index in [4.69, 9.17) is 43.2 Å². The van der Waals surface area contributed by atoms with Gasteiger partial charge in [0.15, 0.2) is 35.7 Å². The molecular weight excluding hydrogens is 1540 g/mol. The summed E-state index contributed by atoms with van der Waals surface area (Å²) in [6.45, 7) is 4.29. The minimum absolute atomic E-state index is 0.410. The third-order valence-electron chi connectivity index (χ3n) is 17.9. The van der Waals surface area contributed by atoms with Gasteiger partial charge in [-0.05, 0) is 99.1 Å². The van der Waals surface area contributed by atoms with E-state index in [0.29, 0.717) is 93.8 Å². The molecule has 42 heteroatoms. The number of benzene rings is 2. The second kappa shape index (κ2) is 37.8. The van der Waals surface area contributed by atoms with Crippen LogP contribution in [0.25, 0.3) is 21.8 Å². The molecule has 18 aromatic heterocycles. The summed E-state index contributed by atoms with van der Waals surface area (Å²) < 4.78 is 21.2. The molecule has 0 spiro atoms. The Hall–Kier alpha value is -15.6. The molecule has 0 bridgehead atoms. The van der Waals surface area contributed by atoms with Crippen molar-refractivity contribution in [1.82, 2.24) is 160 Å². The molecule has 0 aliphatic heterocycles. The number of fused-ring (bicyclic) bond motifs is 2. The number of aryl methyl sites for hydroxylation is 4. The average molecular weight is 1620 g/mol. The first-order valence-corrected chi connectivity index (χ1v) is 38.9. The maximum Gasteiger partial charge on any atom is 0.197 e. The van der Waals surface area contributed by atoms with Crippen LogP contribution in [-0.2, 0) is 90.6 Å². The Bertz CT molecular complexity index is 6050. The number of imidazole rings is 6. The predicted molar refractivity (Wildman–Crippen MR) is 441 cm³/mol. The van der Waals surface area contributed by atoms with Gasteiger partial charge in [-0.15, -0.1) is 30.6 Å². The van der Waals surface area contributed by atoms with E-state index < -0.39 is 0 Å². The van der Waals surface area contributed by atoms with Crippen molar-refractivity contribution in [2.24, 2.45) is 0 Å². The van der Waals surface area contributed by atoms with Crippen LogP contribution in [0.15, 0.2) is 215 Å². The number of hydrogen-bond donors (Lipinski definition) is 14. The molecule has 18 heterocycles. The second-order valence-corrected chi connectivity index (χ2v) is 28.7. The van der Waals surface area contributed by atoms with Gasteiger partial charge < -0.3 is 83.1 Å². The van der Waals surface area contributed by atoms with Crippen LogP contribution in [0.3, 0.4) is 0 Å². The smallest absolute Gasteiger partial charge is 0.197 e. The number of thiophene rings is 2. The van der Waals surface area contributed by atoms with Crippen LogP contribution in [0.2, 0.25) is 0 Å². The van der Waals surface area contributed by atoms with Crippen LogP contribution in [0.1, 0.15) is 102 Å². The fourth-order valence-corrected chi connectivity index (χ4v) is 13.8. The Labute approximate surface area is 678 Å². The van der Waals surface area contributed by atoms with E-state index in [-0.39, 0.29) is 0 Å². The first-order valence-electron chi connectivity index (χ1n) is 37.0. The maximum atomic E-state index is 5.57. The number of nitrogens with two attached hydrogens (primary N) is 6. The van der Waals surface area contributed by atoms with E-state index in [1.807, 2.05) is 98.5 Å². The lowest BCUT2D eigenvalue weighted by atomic mass is 10.1. The standard InChI is InChI=1S/C16H17N7.C15H15N7.C12H14N6S.2C11H12N6O.C11H12N6S/c17-16-19-9-12(20-16)7-13-10-23(22-21-13)6-5-11-8-18-15-4-2-1-3-14(11)15;16-15-18-7-11(19-15)5-12-9-22(21-20-12)8-10-6-17-14-4-2-1-3-13(10)14;13-12-14-6-10(15-12)5-11-7-18(17-16-11)3-1-9-2-4-19-8-9;12-11-13-4-9(14-11)3-10-6-17(16-15-10)5-8-1-2-18-7-8;12-11-13-5-8(14-11)4-9-6-17(16-15-9)7-10-2-1-3-18-10;12-11-13-4-9(14-11)3-10-6-17(16-15-10)5-8-1-2-18-7-8/h1-4,8-10,18H,5-7H2,(H3,17,19,20);1-4,6-7,9,17H,5,8H2,(H3,16,18,19);2,4,6-8H,1,3,5H2,(H3,13,14,15);1-2,4,6-7H,3,5H2,(H3,12,13,14);1-3,5-6H,4,7H2,(H3,12,13,14);1-2,4,6-7H,3,5H2,(H3,12,13,14). The molecule has 20 rings (SSSR count). The summed E-state index contributed by atoms with van der Waals surface area (Å²) in [4.78, 5) is 48.1. The molecule has 0 saturated heterocycles. The van der Waals surface area contributed by atoms with E-state index in [0.717, 1.165) is 118 Å². The van der Waals surface area contributed by atoms with Gasteiger partial charge >= 0.3 is 0 Å². The van der Waals surface area contributed by atoms with Gasteiger partial charge in [0.1, 0.15) is 12.3 Å². The average Bonchev–Trinajstić information content (AvgIpc) is 1.68. The van der Waals surface area contributed by atoms with Gasteiger partial charge in [-0.2, -0.15) is 22.7 Å². The molecule has 2 aromatic carbocycles. The SMILES string of the molecule is Nc1ncc(Cc2cn(CCc3c[nH]c4ccccc34)nn2)[nH]1.Nc1ncc(Cc2cn(CCc3ccsc3)nn2)[nH]1.Nc1ncc(Cc2cn(Cc3c[nH]c4ccccc34)nn2)[nH]1.Nc1ncc(Cc2cn(Cc3ccco3)nn2)[nH]1.Nc1ncc(Cc2cn(Cc3ccoc3)nn2)[nH]1.Nc1ncc(Cc2cn(Cc3ccsc3)nn2)[nH]1. The highest BCUT2D eigenvalue weighted by atomic mass is 32.1. The summed E-state index contributed by atoms with van der Waals surface area (Å²) in [5.41, 5.74) is 52.5. The summed E-state index contributed by atoms with van der Waals surface area (Å²) in [7, 11) is 0. The van der Waals surface area contributed by atoms with E-state index in [1.165, 1.54) is 38.5 Å².